The lowest BCUT2D eigenvalue weighted by Crippen LogP contribution is -2.06. The molecule has 0 unspecified atom stereocenters. The van der Waals surface area contributed by atoms with Crippen molar-refractivity contribution in [3.63, 3.8) is 0 Å². The van der Waals surface area contributed by atoms with Gasteiger partial charge in [-0.05, 0) is 12.1 Å². The number of nitrogen functional groups attached to an aromatic ring is 1. The van der Waals surface area contributed by atoms with Crippen molar-refractivity contribution in [3.8, 4) is 0 Å². The van der Waals surface area contributed by atoms with Crippen LogP contribution in [-0.4, -0.2) is 5.91 Å². The molecule has 0 saturated heterocycles. The molecule has 0 heterocycles. The maximum absolute atomic E-state index is 11.0. The molecule has 0 fully saturated rings. The number of carbonyl (C=O) groups is 1. The highest BCUT2D eigenvalue weighted by molar-refractivity contribution is 6.05. The van der Waals surface area contributed by atoms with E-state index < -0.39 is 0 Å². The first-order valence-corrected chi connectivity index (χ1v) is 4.73. The minimum atomic E-state index is -0.0788. The van der Waals surface area contributed by atoms with Crippen molar-refractivity contribution in [2.45, 2.75) is 6.92 Å². The topological polar surface area (TPSA) is 55.1 Å². The molecule has 0 atom stereocenters. The quantitative estimate of drug-likeness (QED) is 0.694. The normalized spacial score (nSPS) is 10.2. The van der Waals surface area contributed by atoms with Crippen molar-refractivity contribution < 1.29 is 4.79 Å². The Balaban J connectivity index is 2.66. The van der Waals surface area contributed by atoms with Crippen LogP contribution in [0.3, 0.4) is 0 Å². The number of rotatable bonds is 1. The van der Waals surface area contributed by atoms with Gasteiger partial charge >= 0.3 is 0 Å². The van der Waals surface area contributed by atoms with Gasteiger partial charge in [0.25, 0.3) is 0 Å². The molecule has 2 aromatic carbocycles. The van der Waals surface area contributed by atoms with Gasteiger partial charge < -0.3 is 11.1 Å². The van der Waals surface area contributed by atoms with E-state index in [1.807, 2.05) is 30.3 Å². The number of amides is 1. The second kappa shape index (κ2) is 3.61. The highest BCUT2D eigenvalue weighted by Gasteiger charge is 2.03. The third kappa shape index (κ3) is 1.76. The Morgan fingerprint density at radius 1 is 1.13 bits per heavy atom. The molecule has 0 aliphatic rings. The summed E-state index contributed by atoms with van der Waals surface area (Å²) in [5.74, 6) is -0.0788. The molecule has 0 saturated carbocycles. The second-order valence-corrected chi connectivity index (χ2v) is 3.43. The number of hydrogen-bond donors (Lipinski definition) is 2. The fourth-order valence-corrected chi connectivity index (χ4v) is 1.62. The molecule has 0 aliphatic carbocycles. The number of nitrogens with two attached hydrogens (primary N) is 1. The third-order valence-electron chi connectivity index (χ3n) is 2.27. The number of carbonyl (C=O) groups excluding carboxylic acids is 1. The number of hydrogen-bond acceptors (Lipinski definition) is 2. The molecule has 3 heteroatoms. The Kier molecular flexibility index (Phi) is 2.29. The monoisotopic (exact) mass is 200 g/mol. The van der Waals surface area contributed by atoms with Crippen LogP contribution in [-0.2, 0) is 4.79 Å². The molecule has 0 aliphatic heterocycles. The average molecular weight is 200 g/mol. The molecular weight excluding hydrogens is 188 g/mol. The second-order valence-electron chi connectivity index (χ2n) is 3.43. The van der Waals surface area contributed by atoms with Gasteiger partial charge in [0, 0.05) is 29.1 Å². The van der Waals surface area contributed by atoms with Crippen molar-refractivity contribution in [2.75, 3.05) is 11.1 Å². The Labute approximate surface area is 87.9 Å². The van der Waals surface area contributed by atoms with E-state index in [1.54, 1.807) is 6.07 Å². The summed E-state index contributed by atoms with van der Waals surface area (Å²) >= 11 is 0. The number of anilines is 2. The standard InChI is InChI=1S/C12H12N2O/c1-8(15)14-12-7-6-11(13)9-4-2-3-5-10(9)12/h2-7H,13H2,1H3,(H,14,15). The molecule has 0 radical (unpaired) electrons. The minimum absolute atomic E-state index is 0.0788. The predicted octanol–water partition coefficient (Wildman–Crippen LogP) is 2.38. The maximum Gasteiger partial charge on any atom is 0.221 e. The van der Waals surface area contributed by atoms with Gasteiger partial charge in [0.05, 0.1) is 0 Å². The Morgan fingerprint density at radius 2 is 1.80 bits per heavy atom. The molecule has 0 bridgehead atoms. The maximum atomic E-state index is 11.0. The summed E-state index contributed by atoms with van der Waals surface area (Å²) in [6, 6.07) is 11.4. The van der Waals surface area contributed by atoms with Gasteiger partial charge in [0.1, 0.15) is 0 Å². The SMILES string of the molecule is CC(=O)Nc1ccc(N)c2ccccc12. The fraction of sp³-hybridized carbons (Fsp3) is 0.0833. The van der Waals surface area contributed by atoms with Crippen LogP contribution in [0.2, 0.25) is 0 Å². The average Bonchev–Trinajstić information content (AvgIpc) is 2.22. The van der Waals surface area contributed by atoms with Crippen molar-refractivity contribution in [1.29, 1.82) is 0 Å². The van der Waals surface area contributed by atoms with Crippen molar-refractivity contribution in [3.05, 3.63) is 36.4 Å². The number of fused-ring (bicyclic) bond motifs is 1. The summed E-state index contributed by atoms with van der Waals surface area (Å²) in [6.45, 7) is 1.49. The van der Waals surface area contributed by atoms with Crippen LogP contribution in [0.1, 0.15) is 6.92 Å². The predicted molar refractivity (Wildman–Crippen MR) is 62.7 cm³/mol. The fourth-order valence-electron chi connectivity index (χ4n) is 1.62. The van der Waals surface area contributed by atoms with Crippen LogP contribution in [0, 0.1) is 0 Å². The smallest absolute Gasteiger partial charge is 0.221 e. The molecule has 3 N–H and O–H groups in total. The molecule has 2 aromatic rings. The highest BCUT2D eigenvalue weighted by Crippen LogP contribution is 2.27. The van der Waals surface area contributed by atoms with Gasteiger partial charge in [-0.3, -0.25) is 4.79 Å². The summed E-state index contributed by atoms with van der Waals surface area (Å²) in [5.41, 5.74) is 7.36. The summed E-state index contributed by atoms with van der Waals surface area (Å²) in [4.78, 5) is 11.0. The van der Waals surface area contributed by atoms with E-state index in [0.29, 0.717) is 0 Å². The minimum Gasteiger partial charge on any atom is -0.398 e. The van der Waals surface area contributed by atoms with Crippen LogP contribution < -0.4 is 11.1 Å². The first-order valence-electron chi connectivity index (χ1n) is 4.73. The Bertz CT molecular complexity index is 520. The van der Waals surface area contributed by atoms with Crippen LogP contribution in [0.5, 0.6) is 0 Å². The van der Waals surface area contributed by atoms with Gasteiger partial charge in [-0.15, -0.1) is 0 Å². The van der Waals surface area contributed by atoms with E-state index in [9.17, 15) is 4.79 Å². The largest absolute Gasteiger partial charge is 0.398 e. The number of benzene rings is 2. The lowest BCUT2D eigenvalue weighted by Gasteiger charge is -2.08. The van der Waals surface area contributed by atoms with Crippen LogP contribution in [0.4, 0.5) is 11.4 Å². The molecular formula is C12H12N2O. The van der Waals surface area contributed by atoms with Crippen molar-refractivity contribution in [2.24, 2.45) is 0 Å². The van der Waals surface area contributed by atoms with E-state index in [1.165, 1.54) is 6.92 Å². The van der Waals surface area contributed by atoms with Gasteiger partial charge in [0.2, 0.25) is 5.91 Å². The third-order valence-corrected chi connectivity index (χ3v) is 2.27. The van der Waals surface area contributed by atoms with Crippen molar-refractivity contribution in [1.82, 2.24) is 0 Å². The zero-order valence-corrected chi connectivity index (χ0v) is 8.45. The molecule has 15 heavy (non-hydrogen) atoms. The van der Waals surface area contributed by atoms with E-state index in [2.05, 4.69) is 5.32 Å². The Morgan fingerprint density at radius 3 is 2.47 bits per heavy atom. The van der Waals surface area contributed by atoms with Gasteiger partial charge in [-0.25, -0.2) is 0 Å². The zero-order chi connectivity index (χ0) is 10.8. The van der Waals surface area contributed by atoms with E-state index in [0.717, 1.165) is 22.1 Å². The Hall–Kier alpha value is -2.03. The lowest BCUT2D eigenvalue weighted by molar-refractivity contribution is -0.114. The van der Waals surface area contributed by atoms with E-state index in [4.69, 9.17) is 5.73 Å². The number of nitrogens with one attached hydrogen (secondary N) is 1. The van der Waals surface area contributed by atoms with Gasteiger partial charge in [0.15, 0.2) is 0 Å². The lowest BCUT2D eigenvalue weighted by atomic mass is 10.1. The molecule has 0 spiro atoms. The van der Waals surface area contributed by atoms with Crippen LogP contribution >= 0.6 is 0 Å². The van der Waals surface area contributed by atoms with E-state index >= 15 is 0 Å². The summed E-state index contributed by atoms with van der Waals surface area (Å²) < 4.78 is 0. The van der Waals surface area contributed by atoms with Gasteiger partial charge in [-0.2, -0.15) is 0 Å². The summed E-state index contributed by atoms with van der Waals surface area (Å²) in [7, 11) is 0. The van der Waals surface area contributed by atoms with Crippen LogP contribution in [0.15, 0.2) is 36.4 Å². The molecule has 0 aromatic heterocycles. The highest BCUT2D eigenvalue weighted by atomic mass is 16.1. The van der Waals surface area contributed by atoms with Gasteiger partial charge in [-0.1, -0.05) is 24.3 Å². The first kappa shape index (κ1) is 9.52. The first-order chi connectivity index (χ1) is 7.18. The van der Waals surface area contributed by atoms with E-state index in [-0.39, 0.29) is 5.91 Å². The van der Waals surface area contributed by atoms with Crippen molar-refractivity contribution >= 4 is 28.1 Å². The molecule has 76 valence electrons. The summed E-state index contributed by atoms with van der Waals surface area (Å²) in [5, 5.41) is 4.71. The zero-order valence-electron chi connectivity index (χ0n) is 8.45. The molecule has 2 rings (SSSR count). The molecule has 1 amide bonds. The summed E-state index contributed by atoms with van der Waals surface area (Å²) in [6.07, 6.45) is 0. The molecule has 3 nitrogen and oxygen atoms in total. The van der Waals surface area contributed by atoms with Crippen LogP contribution in [0.25, 0.3) is 10.8 Å².